The fourth-order valence-electron chi connectivity index (χ4n) is 1.84. The van der Waals surface area contributed by atoms with E-state index >= 15 is 0 Å². The van der Waals surface area contributed by atoms with Gasteiger partial charge in [0.05, 0.1) is 17.8 Å². The molecule has 0 amide bonds. The molecule has 4 nitrogen and oxygen atoms in total. The molecule has 90 valence electrons. The number of nitrogens with two attached hydrogens (primary N) is 1. The largest absolute Gasteiger partial charge is 0.389 e. The van der Waals surface area contributed by atoms with Gasteiger partial charge in [-0.3, -0.25) is 0 Å². The number of rotatable bonds is 1. The van der Waals surface area contributed by atoms with Crippen LogP contribution in [-0.4, -0.2) is 34.7 Å². The standard InChI is InChI=1S/C11H23NO3/c1-7-9(13)11(5,12)6-8(14-7)15-10(2,3)4/h7-9,13H,6,12H2,1-5H3. The number of hydrogen-bond donors (Lipinski definition) is 2. The van der Waals surface area contributed by atoms with E-state index < -0.39 is 11.6 Å². The highest BCUT2D eigenvalue weighted by Crippen LogP contribution is 2.29. The highest BCUT2D eigenvalue weighted by molar-refractivity contribution is 4.95. The van der Waals surface area contributed by atoms with Crippen molar-refractivity contribution in [2.75, 3.05) is 0 Å². The molecular weight excluding hydrogens is 194 g/mol. The SMILES string of the molecule is CC1OC(OC(C)(C)C)CC(C)(N)C1O. The van der Waals surface area contributed by atoms with E-state index in [1.165, 1.54) is 0 Å². The Morgan fingerprint density at radius 2 is 2.00 bits per heavy atom. The summed E-state index contributed by atoms with van der Waals surface area (Å²) < 4.78 is 11.3. The predicted octanol–water partition coefficient (Wildman–Crippen LogP) is 1.01. The van der Waals surface area contributed by atoms with E-state index in [2.05, 4.69) is 0 Å². The fraction of sp³-hybridized carbons (Fsp3) is 1.00. The van der Waals surface area contributed by atoms with E-state index in [9.17, 15) is 5.11 Å². The Hall–Kier alpha value is -0.160. The van der Waals surface area contributed by atoms with Crippen molar-refractivity contribution in [1.29, 1.82) is 0 Å². The summed E-state index contributed by atoms with van der Waals surface area (Å²) in [5.74, 6) is 0. The molecule has 0 bridgehead atoms. The minimum absolute atomic E-state index is 0.261. The van der Waals surface area contributed by atoms with Crippen molar-refractivity contribution < 1.29 is 14.6 Å². The zero-order valence-corrected chi connectivity index (χ0v) is 10.3. The molecule has 0 aromatic rings. The van der Waals surface area contributed by atoms with Crippen molar-refractivity contribution in [1.82, 2.24) is 0 Å². The van der Waals surface area contributed by atoms with Crippen molar-refractivity contribution >= 4 is 0 Å². The zero-order chi connectivity index (χ0) is 11.9. The van der Waals surface area contributed by atoms with Crippen molar-refractivity contribution in [3.63, 3.8) is 0 Å². The molecule has 1 fully saturated rings. The van der Waals surface area contributed by atoms with Crippen LogP contribution in [0, 0.1) is 0 Å². The van der Waals surface area contributed by atoms with Gasteiger partial charge in [0.1, 0.15) is 0 Å². The Morgan fingerprint density at radius 3 is 2.40 bits per heavy atom. The van der Waals surface area contributed by atoms with Gasteiger partial charge >= 0.3 is 0 Å². The number of ether oxygens (including phenoxy) is 2. The van der Waals surface area contributed by atoms with Crippen LogP contribution in [0.4, 0.5) is 0 Å². The Kier molecular flexibility index (Phi) is 3.45. The molecule has 1 aliphatic heterocycles. The van der Waals surface area contributed by atoms with Gasteiger partial charge in [-0.15, -0.1) is 0 Å². The molecule has 1 saturated heterocycles. The molecule has 1 aliphatic rings. The first-order chi connectivity index (χ1) is 6.62. The summed E-state index contributed by atoms with van der Waals surface area (Å²) in [5, 5.41) is 9.82. The van der Waals surface area contributed by atoms with Crippen LogP contribution in [0.25, 0.3) is 0 Å². The summed E-state index contributed by atoms with van der Waals surface area (Å²) in [6, 6.07) is 0. The fourth-order valence-corrected chi connectivity index (χ4v) is 1.84. The Labute approximate surface area is 91.7 Å². The quantitative estimate of drug-likeness (QED) is 0.688. The molecule has 0 radical (unpaired) electrons. The average molecular weight is 217 g/mol. The highest BCUT2D eigenvalue weighted by Gasteiger charge is 2.43. The van der Waals surface area contributed by atoms with Crippen LogP contribution in [-0.2, 0) is 9.47 Å². The third-order valence-corrected chi connectivity index (χ3v) is 2.58. The van der Waals surface area contributed by atoms with E-state index in [0.717, 1.165) is 0 Å². The van der Waals surface area contributed by atoms with Gasteiger partial charge in [-0.05, 0) is 34.6 Å². The maximum atomic E-state index is 9.82. The molecule has 1 heterocycles. The topological polar surface area (TPSA) is 64.7 Å². The highest BCUT2D eigenvalue weighted by atomic mass is 16.7. The second-order valence-corrected chi connectivity index (χ2v) is 5.66. The van der Waals surface area contributed by atoms with Gasteiger partial charge in [0.2, 0.25) is 0 Å². The van der Waals surface area contributed by atoms with E-state index in [1.54, 1.807) is 0 Å². The monoisotopic (exact) mass is 217 g/mol. The van der Waals surface area contributed by atoms with Gasteiger partial charge in [0, 0.05) is 12.0 Å². The first kappa shape index (κ1) is 12.9. The molecule has 4 atom stereocenters. The normalized spacial score (nSPS) is 43.0. The minimum Gasteiger partial charge on any atom is -0.389 e. The first-order valence-corrected chi connectivity index (χ1v) is 5.42. The summed E-state index contributed by atoms with van der Waals surface area (Å²) in [7, 11) is 0. The molecule has 1 rings (SSSR count). The third-order valence-electron chi connectivity index (χ3n) is 2.58. The molecule has 4 unspecified atom stereocenters. The number of aliphatic hydroxyl groups is 1. The van der Waals surface area contributed by atoms with Crippen LogP contribution in [0.15, 0.2) is 0 Å². The van der Waals surface area contributed by atoms with E-state index in [0.29, 0.717) is 6.42 Å². The van der Waals surface area contributed by atoms with E-state index in [-0.39, 0.29) is 18.0 Å². The third kappa shape index (κ3) is 3.41. The minimum atomic E-state index is -0.645. The molecule has 15 heavy (non-hydrogen) atoms. The summed E-state index contributed by atoms with van der Waals surface area (Å²) >= 11 is 0. The maximum Gasteiger partial charge on any atom is 0.160 e. The molecule has 0 aromatic heterocycles. The lowest BCUT2D eigenvalue weighted by molar-refractivity contribution is -0.265. The van der Waals surface area contributed by atoms with Crippen LogP contribution in [0.1, 0.15) is 41.0 Å². The van der Waals surface area contributed by atoms with Gasteiger partial charge < -0.3 is 20.3 Å². The Morgan fingerprint density at radius 1 is 1.47 bits per heavy atom. The number of hydrogen-bond acceptors (Lipinski definition) is 4. The second-order valence-electron chi connectivity index (χ2n) is 5.66. The van der Waals surface area contributed by atoms with E-state index in [1.807, 2.05) is 34.6 Å². The summed E-state index contributed by atoms with van der Waals surface area (Å²) in [5.41, 5.74) is 5.10. The average Bonchev–Trinajstić information content (AvgIpc) is 1.95. The molecule has 0 aliphatic carbocycles. The number of aliphatic hydroxyl groups excluding tert-OH is 1. The van der Waals surface area contributed by atoms with Crippen LogP contribution < -0.4 is 5.73 Å². The van der Waals surface area contributed by atoms with Crippen LogP contribution in [0.5, 0.6) is 0 Å². The first-order valence-electron chi connectivity index (χ1n) is 5.42. The smallest absolute Gasteiger partial charge is 0.160 e. The van der Waals surface area contributed by atoms with Crippen molar-refractivity contribution in [2.45, 2.75) is 70.7 Å². The van der Waals surface area contributed by atoms with Gasteiger partial charge in [-0.25, -0.2) is 0 Å². The summed E-state index contributed by atoms with van der Waals surface area (Å²) in [4.78, 5) is 0. The van der Waals surface area contributed by atoms with Gasteiger partial charge in [0.25, 0.3) is 0 Å². The van der Waals surface area contributed by atoms with Crippen LogP contribution in [0.3, 0.4) is 0 Å². The lowest BCUT2D eigenvalue weighted by Gasteiger charge is -2.44. The molecule has 0 spiro atoms. The molecule has 0 aromatic carbocycles. The summed E-state index contributed by atoms with van der Waals surface area (Å²) in [6.45, 7) is 9.56. The van der Waals surface area contributed by atoms with Crippen LogP contribution in [0.2, 0.25) is 0 Å². The Balaban J connectivity index is 2.65. The summed E-state index contributed by atoms with van der Waals surface area (Å²) in [6.07, 6.45) is -0.757. The van der Waals surface area contributed by atoms with Crippen molar-refractivity contribution in [3.05, 3.63) is 0 Å². The molecular formula is C11H23NO3. The van der Waals surface area contributed by atoms with Gasteiger partial charge in [-0.1, -0.05) is 0 Å². The van der Waals surface area contributed by atoms with Gasteiger partial charge in [-0.2, -0.15) is 0 Å². The molecule has 0 saturated carbocycles. The van der Waals surface area contributed by atoms with Gasteiger partial charge in [0.15, 0.2) is 6.29 Å². The lowest BCUT2D eigenvalue weighted by atomic mass is 9.86. The van der Waals surface area contributed by atoms with Crippen LogP contribution >= 0.6 is 0 Å². The molecule has 3 N–H and O–H groups in total. The maximum absolute atomic E-state index is 9.82. The lowest BCUT2D eigenvalue weighted by Crippen LogP contribution is -2.60. The van der Waals surface area contributed by atoms with Crippen molar-refractivity contribution in [3.8, 4) is 0 Å². The van der Waals surface area contributed by atoms with Crippen molar-refractivity contribution in [2.24, 2.45) is 5.73 Å². The second kappa shape index (κ2) is 4.01. The zero-order valence-electron chi connectivity index (χ0n) is 10.3. The molecule has 4 heteroatoms. The Bertz CT molecular complexity index is 222. The van der Waals surface area contributed by atoms with E-state index in [4.69, 9.17) is 15.2 Å². The predicted molar refractivity (Wildman–Crippen MR) is 58.4 cm³/mol.